The maximum Gasteiger partial charge on any atom is 0.241 e. The number of hydrogen-bond acceptors (Lipinski definition) is 4. The van der Waals surface area contributed by atoms with Gasteiger partial charge in [-0.3, -0.25) is 9.69 Å². The molecule has 0 saturated carbocycles. The molecule has 2 heterocycles. The molecule has 28 heavy (non-hydrogen) atoms. The lowest BCUT2D eigenvalue weighted by molar-refractivity contribution is -0.123. The molecule has 0 spiro atoms. The number of nitrogens with zero attached hydrogens (tertiary/aromatic N) is 2. The van der Waals surface area contributed by atoms with Crippen LogP contribution in [0, 0.1) is 0 Å². The molecule has 1 aromatic carbocycles. The van der Waals surface area contributed by atoms with Gasteiger partial charge < -0.3 is 4.90 Å². The molecule has 2 saturated heterocycles. The topological polar surface area (TPSA) is 57.7 Å². The van der Waals surface area contributed by atoms with Gasteiger partial charge in [-0.1, -0.05) is 30.7 Å². The number of anilines is 1. The lowest BCUT2D eigenvalue weighted by Gasteiger charge is -2.43. The summed E-state index contributed by atoms with van der Waals surface area (Å²) in [5.41, 5.74) is 3.50. The molecule has 0 radical (unpaired) electrons. The fourth-order valence-corrected chi connectivity index (χ4v) is 6.83. The van der Waals surface area contributed by atoms with Crippen molar-refractivity contribution >= 4 is 21.4 Å². The number of hydrogen-bond donors (Lipinski definition) is 0. The van der Waals surface area contributed by atoms with Crippen LogP contribution >= 0.6 is 0 Å². The SMILES string of the molecule is CCc1ccc(N2C(=O)CN(CCC3=CCCCC3)[C@H]3CS(=O)(=O)C[C@H]32)cc1. The van der Waals surface area contributed by atoms with Crippen molar-refractivity contribution in [2.24, 2.45) is 0 Å². The Morgan fingerprint density at radius 3 is 2.50 bits per heavy atom. The van der Waals surface area contributed by atoms with Crippen LogP contribution in [0.2, 0.25) is 0 Å². The van der Waals surface area contributed by atoms with E-state index in [1.54, 1.807) is 4.90 Å². The molecule has 152 valence electrons. The average molecular weight is 403 g/mol. The number of piperazine rings is 1. The van der Waals surface area contributed by atoms with Gasteiger partial charge >= 0.3 is 0 Å². The molecule has 1 amide bonds. The molecule has 5 nitrogen and oxygen atoms in total. The summed E-state index contributed by atoms with van der Waals surface area (Å²) in [6, 6.07) is 7.60. The molecule has 0 N–H and O–H groups in total. The predicted molar refractivity (Wildman–Crippen MR) is 112 cm³/mol. The molecule has 2 fully saturated rings. The minimum absolute atomic E-state index is 0.0141. The van der Waals surface area contributed by atoms with Gasteiger partial charge in [0.2, 0.25) is 5.91 Å². The van der Waals surface area contributed by atoms with Crippen molar-refractivity contribution in [3.05, 3.63) is 41.5 Å². The summed E-state index contributed by atoms with van der Waals surface area (Å²) in [7, 11) is -3.13. The predicted octanol–water partition coefficient (Wildman–Crippen LogP) is 2.95. The first-order chi connectivity index (χ1) is 13.5. The Bertz CT molecular complexity index is 860. The second-order valence-electron chi connectivity index (χ2n) is 8.32. The summed E-state index contributed by atoms with van der Waals surface area (Å²) in [6.45, 7) is 3.18. The smallest absolute Gasteiger partial charge is 0.241 e. The second kappa shape index (κ2) is 7.99. The Morgan fingerprint density at radius 2 is 1.82 bits per heavy atom. The molecule has 3 aliphatic rings. The zero-order valence-corrected chi connectivity index (χ0v) is 17.5. The standard InChI is InChI=1S/C22H30N2O3S/c1-2-17-8-10-19(11-9-17)24-21-16-28(26,27)15-20(21)23(14-22(24)25)13-12-18-6-4-3-5-7-18/h6,8-11,20-21H,2-5,7,12-16H2,1H3/t20-,21+/m0/s1. The molecule has 1 aliphatic carbocycles. The van der Waals surface area contributed by atoms with Gasteiger partial charge in [-0.15, -0.1) is 0 Å². The molecule has 2 atom stereocenters. The first kappa shape index (κ1) is 19.6. The maximum atomic E-state index is 13.0. The van der Waals surface area contributed by atoms with E-state index in [0.717, 1.165) is 37.9 Å². The highest BCUT2D eigenvalue weighted by atomic mass is 32.2. The fourth-order valence-electron chi connectivity index (χ4n) is 4.85. The summed E-state index contributed by atoms with van der Waals surface area (Å²) in [5, 5.41) is 0. The van der Waals surface area contributed by atoms with E-state index in [-0.39, 0.29) is 29.5 Å². The van der Waals surface area contributed by atoms with Crippen LogP contribution in [0.25, 0.3) is 0 Å². The first-order valence-corrected chi connectivity index (χ1v) is 12.3. The summed E-state index contributed by atoms with van der Waals surface area (Å²) in [5.74, 6) is 0.242. The van der Waals surface area contributed by atoms with Gasteiger partial charge in [-0.05, 0) is 56.2 Å². The minimum Gasteiger partial charge on any atom is -0.306 e. The van der Waals surface area contributed by atoms with Crippen LogP contribution in [-0.2, 0) is 21.1 Å². The van der Waals surface area contributed by atoms with Crippen molar-refractivity contribution in [3.63, 3.8) is 0 Å². The largest absolute Gasteiger partial charge is 0.306 e. The van der Waals surface area contributed by atoms with Gasteiger partial charge in [0.15, 0.2) is 9.84 Å². The summed E-state index contributed by atoms with van der Waals surface area (Å²) in [6.07, 6.45) is 9.02. The number of sulfone groups is 1. The molecule has 1 aromatic rings. The lowest BCUT2D eigenvalue weighted by atomic mass is 9.96. The van der Waals surface area contributed by atoms with Gasteiger partial charge in [0.05, 0.1) is 24.1 Å². The number of rotatable bonds is 5. The Labute approximate surface area is 168 Å². The van der Waals surface area contributed by atoms with E-state index in [1.165, 1.54) is 24.0 Å². The van der Waals surface area contributed by atoms with Crippen molar-refractivity contribution < 1.29 is 13.2 Å². The zero-order valence-electron chi connectivity index (χ0n) is 16.6. The highest BCUT2D eigenvalue weighted by Gasteiger charge is 2.49. The van der Waals surface area contributed by atoms with E-state index < -0.39 is 9.84 Å². The van der Waals surface area contributed by atoms with Crippen LogP contribution in [0.4, 0.5) is 5.69 Å². The fraction of sp³-hybridized carbons (Fsp3) is 0.591. The Balaban J connectivity index is 1.55. The third-order valence-electron chi connectivity index (χ3n) is 6.43. The average Bonchev–Trinajstić information content (AvgIpc) is 3.02. The van der Waals surface area contributed by atoms with Gasteiger partial charge in [0.1, 0.15) is 0 Å². The second-order valence-corrected chi connectivity index (χ2v) is 10.5. The van der Waals surface area contributed by atoms with Crippen molar-refractivity contribution in [1.82, 2.24) is 4.90 Å². The van der Waals surface area contributed by atoms with Gasteiger partial charge in [0, 0.05) is 18.3 Å². The highest BCUT2D eigenvalue weighted by Crippen LogP contribution is 2.32. The van der Waals surface area contributed by atoms with Crippen LogP contribution in [0.1, 0.15) is 44.6 Å². The van der Waals surface area contributed by atoms with Crippen LogP contribution < -0.4 is 4.90 Å². The Kier molecular flexibility index (Phi) is 5.61. The summed E-state index contributed by atoms with van der Waals surface area (Å²) in [4.78, 5) is 16.9. The molecule has 0 bridgehead atoms. The van der Waals surface area contributed by atoms with E-state index >= 15 is 0 Å². The Hall–Kier alpha value is -1.66. The monoisotopic (exact) mass is 402 g/mol. The van der Waals surface area contributed by atoms with Crippen molar-refractivity contribution in [2.75, 3.05) is 29.5 Å². The molecule has 0 unspecified atom stereocenters. The summed E-state index contributed by atoms with van der Waals surface area (Å²) >= 11 is 0. The molecular weight excluding hydrogens is 372 g/mol. The number of carbonyl (C=O) groups is 1. The number of fused-ring (bicyclic) bond motifs is 1. The highest BCUT2D eigenvalue weighted by molar-refractivity contribution is 7.91. The molecule has 4 rings (SSSR count). The minimum atomic E-state index is -3.13. The van der Waals surface area contributed by atoms with Crippen molar-refractivity contribution in [1.29, 1.82) is 0 Å². The van der Waals surface area contributed by atoms with Crippen molar-refractivity contribution in [3.8, 4) is 0 Å². The van der Waals surface area contributed by atoms with Gasteiger partial charge in [0.25, 0.3) is 0 Å². The van der Waals surface area contributed by atoms with E-state index in [4.69, 9.17) is 0 Å². The number of amides is 1. The normalized spacial score (nSPS) is 27.5. The van der Waals surface area contributed by atoms with Crippen LogP contribution in [0.3, 0.4) is 0 Å². The van der Waals surface area contributed by atoms with Crippen LogP contribution in [-0.4, -0.2) is 55.9 Å². The number of aryl methyl sites for hydroxylation is 1. The van der Waals surface area contributed by atoms with Crippen LogP contribution in [0.5, 0.6) is 0 Å². The van der Waals surface area contributed by atoms with E-state index in [2.05, 4.69) is 17.9 Å². The van der Waals surface area contributed by atoms with E-state index in [9.17, 15) is 13.2 Å². The summed E-state index contributed by atoms with van der Waals surface area (Å²) < 4.78 is 24.9. The quantitative estimate of drug-likeness (QED) is 0.711. The maximum absolute atomic E-state index is 13.0. The number of allylic oxidation sites excluding steroid dienone is 1. The van der Waals surface area contributed by atoms with Gasteiger partial charge in [-0.2, -0.15) is 0 Å². The molecular formula is C22H30N2O3S. The molecule has 6 heteroatoms. The van der Waals surface area contributed by atoms with Gasteiger partial charge in [-0.25, -0.2) is 8.42 Å². The van der Waals surface area contributed by atoms with E-state index in [1.807, 2.05) is 24.3 Å². The molecule has 0 aromatic heterocycles. The number of carbonyl (C=O) groups excluding carboxylic acids is 1. The zero-order chi connectivity index (χ0) is 19.7. The number of benzene rings is 1. The van der Waals surface area contributed by atoms with Crippen LogP contribution in [0.15, 0.2) is 35.9 Å². The molecule has 2 aliphatic heterocycles. The van der Waals surface area contributed by atoms with Crippen molar-refractivity contribution in [2.45, 2.75) is 57.5 Å². The van der Waals surface area contributed by atoms with E-state index in [0.29, 0.717) is 6.54 Å². The first-order valence-electron chi connectivity index (χ1n) is 10.5. The third kappa shape index (κ3) is 4.03. The lowest BCUT2D eigenvalue weighted by Crippen LogP contribution is -2.62. The Morgan fingerprint density at radius 1 is 1.07 bits per heavy atom. The third-order valence-corrected chi connectivity index (χ3v) is 8.13.